The molecule has 0 saturated heterocycles. The Hall–Kier alpha value is -4.43. The normalized spacial score (nSPS) is 14.6. The Morgan fingerprint density at radius 3 is 2.23 bits per heavy atom. The maximum Gasteiger partial charge on any atom is 0.338 e. The van der Waals surface area contributed by atoms with Gasteiger partial charge in [0, 0.05) is 10.0 Å². The predicted octanol–water partition coefficient (Wildman–Crippen LogP) is 6.86. The molecule has 0 N–H and O–H groups in total. The van der Waals surface area contributed by atoms with Crippen LogP contribution in [0.4, 0.5) is 0 Å². The van der Waals surface area contributed by atoms with Crippen LogP contribution in [-0.2, 0) is 22.7 Å². The Kier molecular flexibility index (Phi) is 8.79. The lowest BCUT2D eigenvalue weighted by Gasteiger charge is -2.25. The minimum absolute atomic E-state index is 0.0922. The summed E-state index contributed by atoms with van der Waals surface area (Å²) >= 11 is 13.7. The van der Waals surface area contributed by atoms with Gasteiger partial charge in [-0.1, -0.05) is 113 Å². The first-order valence-electron chi connectivity index (χ1n) is 13.8. The highest BCUT2D eigenvalue weighted by Crippen LogP contribution is 2.32. The molecule has 1 atom stereocenters. The number of esters is 1. The summed E-state index contributed by atoms with van der Waals surface area (Å²) in [5.41, 5.74) is 3.75. The molecule has 1 aromatic heterocycles. The standard InChI is InChI=1S/C35H26Cl2N2O4S/c1-22-31(34(41)43-21-24-10-6-3-7-11-24)32(25-13-16-28(17-14-25)42-20-23-8-4-2-5-9-23)39-33(40)30(44-35(39)38-22)18-26-12-15-27(36)19-29(26)37/h2-19,32H,20-21H2,1H3/b30-18-/t32-/m1/s1. The fourth-order valence-electron chi connectivity index (χ4n) is 4.95. The van der Waals surface area contributed by atoms with Crippen LogP contribution in [0.1, 0.15) is 35.2 Å². The molecular weight excluding hydrogens is 615 g/mol. The summed E-state index contributed by atoms with van der Waals surface area (Å²) in [6.07, 6.45) is 1.72. The van der Waals surface area contributed by atoms with E-state index in [1.165, 1.54) is 11.3 Å². The van der Waals surface area contributed by atoms with Crippen LogP contribution in [0.25, 0.3) is 6.08 Å². The smallest absolute Gasteiger partial charge is 0.338 e. The van der Waals surface area contributed by atoms with E-state index in [1.54, 1.807) is 35.8 Å². The Balaban J connectivity index is 1.39. The van der Waals surface area contributed by atoms with Gasteiger partial charge in [-0.05, 0) is 59.5 Å². The van der Waals surface area contributed by atoms with Crippen molar-refractivity contribution >= 4 is 46.6 Å². The molecule has 0 radical (unpaired) electrons. The highest BCUT2D eigenvalue weighted by Gasteiger charge is 2.33. The second kappa shape index (κ2) is 13.1. The van der Waals surface area contributed by atoms with Crippen LogP contribution in [0.2, 0.25) is 10.0 Å². The van der Waals surface area contributed by atoms with Gasteiger partial charge in [0.1, 0.15) is 19.0 Å². The molecule has 4 aromatic carbocycles. The van der Waals surface area contributed by atoms with Crippen molar-refractivity contribution in [3.05, 3.63) is 166 Å². The van der Waals surface area contributed by atoms with Crippen LogP contribution >= 0.6 is 34.5 Å². The highest BCUT2D eigenvalue weighted by atomic mass is 35.5. The summed E-state index contributed by atoms with van der Waals surface area (Å²) in [6.45, 7) is 2.27. The number of benzene rings is 4. The molecule has 0 amide bonds. The Morgan fingerprint density at radius 2 is 1.57 bits per heavy atom. The molecule has 0 spiro atoms. The van der Waals surface area contributed by atoms with E-state index in [0.717, 1.165) is 16.7 Å². The number of carbonyl (C=O) groups is 1. The monoisotopic (exact) mass is 640 g/mol. The van der Waals surface area contributed by atoms with Gasteiger partial charge in [-0.25, -0.2) is 9.79 Å². The van der Waals surface area contributed by atoms with Crippen LogP contribution in [0.15, 0.2) is 124 Å². The zero-order valence-corrected chi connectivity index (χ0v) is 25.9. The minimum atomic E-state index is -0.763. The number of aromatic nitrogens is 1. The van der Waals surface area contributed by atoms with E-state index in [4.69, 9.17) is 32.7 Å². The van der Waals surface area contributed by atoms with Gasteiger partial charge in [-0.3, -0.25) is 9.36 Å². The van der Waals surface area contributed by atoms with Gasteiger partial charge in [0.2, 0.25) is 0 Å². The van der Waals surface area contributed by atoms with Gasteiger partial charge in [0.25, 0.3) is 5.56 Å². The molecule has 44 heavy (non-hydrogen) atoms. The van der Waals surface area contributed by atoms with E-state index in [9.17, 15) is 9.59 Å². The van der Waals surface area contributed by atoms with E-state index in [1.807, 2.05) is 84.9 Å². The number of rotatable bonds is 8. The van der Waals surface area contributed by atoms with E-state index in [0.29, 0.717) is 48.6 Å². The van der Waals surface area contributed by atoms with E-state index < -0.39 is 12.0 Å². The van der Waals surface area contributed by atoms with Crippen LogP contribution in [-0.4, -0.2) is 10.5 Å². The summed E-state index contributed by atoms with van der Waals surface area (Å²) in [7, 11) is 0. The number of hydrogen-bond acceptors (Lipinski definition) is 6. The maximum atomic E-state index is 14.0. The zero-order valence-electron chi connectivity index (χ0n) is 23.6. The molecule has 6 nitrogen and oxygen atoms in total. The molecule has 0 unspecified atom stereocenters. The largest absolute Gasteiger partial charge is 0.489 e. The summed E-state index contributed by atoms with van der Waals surface area (Å²) < 4.78 is 13.7. The number of allylic oxidation sites excluding steroid dienone is 1. The highest BCUT2D eigenvalue weighted by molar-refractivity contribution is 7.07. The average molecular weight is 642 g/mol. The fourth-order valence-corrected chi connectivity index (χ4v) is 6.45. The molecule has 0 fully saturated rings. The van der Waals surface area contributed by atoms with Gasteiger partial charge in [0.05, 0.1) is 21.8 Å². The SMILES string of the molecule is CC1=C(C(=O)OCc2ccccc2)[C@@H](c2ccc(OCc3ccccc3)cc2)n2c(s/c(=C\c3ccc(Cl)cc3Cl)c2=O)=N1. The lowest BCUT2D eigenvalue weighted by atomic mass is 9.96. The molecule has 2 heterocycles. The molecule has 1 aliphatic rings. The van der Waals surface area contributed by atoms with Crippen molar-refractivity contribution in [1.29, 1.82) is 0 Å². The van der Waals surface area contributed by atoms with Crippen LogP contribution in [0, 0.1) is 0 Å². The van der Waals surface area contributed by atoms with Crippen LogP contribution in [0.5, 0.6) is 5.75 Å². The summed E-state index contributed by atoms with van der Waals surface area (Å²) in [4.78, 5) is 32.8. The second-order valence-corrected chi connectivity index (χ2v) is 12.0. The number of carbonyl (C=O) groups excluding carboxylic acids is 1. The Labute approximate surface area is 267 Å². The third-order valence-electron chi connectivity index (χ3n) is 7.15. The first-order valence-corrected chi connectivity index (χ1v) is 15.4. The van der Waals surface area contributed by atoms with E-state index >= 15 is 0 Å². The molecule has 220 valence electrons. The molecule has 1 aliphatic heterocycles. The zero-order chi connectivity index (χ0) is 30.6. The summed E-state index contributed by atoms with van der Waals surface area (Å²) in [6, 6.07) is 31.1. The number of hydrogen-bond donors (Lipinski definition) is 0. The minimum Gasteiger partial charge on any atom is -0.489 e. The van der Waals surface area contributed by atoms with Gasteiger partial charge in [-0.2, -0.15) is 0 Å². The molecule has 0 bridgehead atoms. The summed E-state index contributed by atoms with van der Waals surface area (Å²) in [5, 5.41) is 0.923. The van der Waals surface area contributed by atoms with Crippen molar-refractivity contribution in [1.82, 2.24) is 4.57 Å². The number of thiazole rings is 1. The average Bonchev–Trinajstić information content (AvgIpc) is 3.34. The lowest BCUT2D eigenvalue weighted by Crippen LogP contribution is -2.39. The maximum absolute atomic E-state index is 14.0. The van der Waals surface area contributed by atoms with Crippen molar-refractivity contribution in [3.63, 3.8) is 0 Å². The lowest BCUT2D eigenvalue weighted by molar-refractivity contribution is -0.140. The fraction of sp³-hybridized carbons (Fsp3) is 0.114. The van der Waals surface area contributed by atoms with Crippen molar-refractivity contribution in [2.75, 3.05) is 0 Å². The van der Waals surface area contributed by atoms with Gasteiger partial charge >= 0.3 is 5.97 Å². The number of halogens is 2. The third-order valence-corrected chi connectivity index (χ3v) is 8.69. The van der Waals surface area contributed by atoms with Crippen LogP contribution in [0.3, 0.4) is 0 Å². The quantitative estimate of drug-likeness (QED) is 0.174. The van der Waals surface area contributed by atoms with E-state index in [-0.39, 0.29) is 12.2 Å². The van der Waals surface area contributed by atoms with Crippen LogP contribution < -0.4 is 19.6 Å². The van der Waals surface area contributed by atoms with Crippen molar-refractivity contribution < 1.29 is 14.3 Å². The first kappa shape index (κ1) is 29.6. The molecule has 9 heteroatoms. The molecule has 6 rings (SSSR count). The first-order chi connectivity index (χ1) is 21.4. The van der Waals surface area contributed by atoms with Gasteiger partial charge in [-0.15, -0.1) is 0 Å². The molecule has 0 saturated carbocycles. The third kappa shape index (κ3) is 6.40. The molecule has 5 aromatic rings. The van der Waals surface area contributed by atoms with Gasteiger partial charge in [0.15, 0.2) is 4.80 Å². The predicted molar refractivity (Wildman–Crippen MR) is 174 cm³/mol. The molecule has 0 aliphatic carbocycles. The number of fused-ring (bicyclic) bond motifs is 1. The number of nitrogens with zero attached hydrogens (tertiary/aromatic N) is 2. The Bertz CT molecular complexity index is 2040. The van der Waals surface area contributed by atoms with Gasteiger partial charge < -0.3 is 9.47 Å². The second-order valence-electron chi connectivity index (χ2n) is 10.2. The van der Waals surface area contributed by atoms with Crippen molar-refractivity contribution in [2.24, 2.45) is 4.99 Å². The van der Waals surface area contributed by atoms with Crippen molar-refractivity contribution in [3.8, 4) is 5.75 Å². The molecular formula is C35H26Cl2N2O4S. The number of ether oxygens (including phenoxy) is 2. The topological polar surface area (TPSA) is 69.9 Å². The summed E-state index contributed by atoms with van der Waals surface area (Å²) in [5.74, 6) is 0.121. The van der Waals surface area contributed by atoms with Crippen molar-refractivity contribution in [2.45, 2.75) is 26.2 Å². The Morgan fingerprint density at radius 1 is 0.909 bits per heavy atom. The van der Waals surface area contributed by atoms with E-state index in [2.05, 4.69) is 4.99 Å².